The van der Waals surface area contributed by atoms with E-state index in [2.05, 4.69) is 4.90 Å². The Morgan fingerprint density at radius 2 is 1.84 bits per heavy atom. The van der Waals surface area contributed by atoms with Crippen molar-refractivity contribution in [2.75, 3.05) is 37.8 Å². The number of ether oxygens (including phenoxy) is 1. The van der Waals surface area contributed by atoms with Crippen LogP contribution in [0.25, 0.3) is 0 Å². The predicted octanol–water partition coefficient (Wildman–Crippen LogP) is 0.763. The minimum absolute atomic E-state index is 0.00791. The Morgan fingerprint density at radius 1 is 1.26 bits per heavy atom. The number of nitrogens with two attached hydrogens (primary N) is 1. The number of hydrogen-bond acceptors (Lipinski definition) is 5. The highest BCUT2D eigenvalue weighted by Crippen LogP contribution is 2.16. The lowest BCUT2D eigenvalue weighted by molar-refractivity contribution is 0.0243. The monoisotopic (exact) mass is 284 g/mol. The summed E-state index contributed by atoms with van der Waals surface area (Å²) >= 11 is 0. The Labute approximate surface area is 114 Å². The van der Waals surface area contributed by atoms with Gasteiger partial charge in [-0.25, -0.2) is 8.42 Å². The highest BCUT2D eigenvalue weighted by Gasteiger charge is 2.24. The van der Waals surface area contributed by atoms with E-state index in [0.29, 0.717) is 23.8 Å². The fourth-order valence-electron chi connectivity index (χ4n) is 2.21. The molecule has 2 N–H and O–H groups in total. The summed E-state index contributed by atoms with van der Waals surface area (Å²) in [6.07, 6.45) is 0. The van der Waals surface area contributed by atoms with Crippen molar-refractivity contribution in [1.82, 2.24) is 4.90 Å². The van der Waals surface area contributed by atoms with Gasteiger partial charge in [-0.15, -0.1) is 0 Å². The normalized spacial score (nSPS) is 19.2. The maximum atomic E-state index is 12.3. The number of nitrogen functional groups attached to an aromatic ring is 1. The van der Waals surface area contributed by atoms with Crippen molar-refractivity contribution in [2.24, 2.45) is 0 Å². The fraction of sp³-hybridized carbons (Fsp3) is 0.538. The van der Waals surface area contributed by atoms with Crippen molar-refractivity contribution in [2.45, 2.75) is 17.9 Å². The average molecular weight is 284 g/mol. The molecule has 106 valence electrons. The molecule has 0 amide bonds. The standard InChI is InChI=1S/C13H20N2O3S/c1-11(15-6-8-18-9-7-15)10-19(16,17)13-4-2-12(14)3-5-13/h2-5,11H,6-10,14H2,1H3/t11-/m1/s1. The molecule has 5 nitrogen and oxygen atoms in total. The molecule has 0 bridgehead atoms. The van der Waals surface area contributed by atoms with Gasteiger partial charge in [0.25, 0.3) is 0 Å². The van der Waals surface area contributed by atoms with E-state index in [1.54, 1.807) is 24.3 Å². The molecule has 0 spiro atoms. The molecule has 1 fully saturated rings. The van der Waals surface area contributed by atoms with Crippen LogP contribution in [0.5, 0.6) is 0 Å². The molecule has 1 aromatic carbocycles. The first-order valence-electron chi connectivity index (χ1n) is 6.39. The van der Waals surface area contributed by atoms with Crippen LogP contribution in [0.15, 0.2) is 29.2 Å². The van der Waals surface area contributed by atoms with Crippen LogP contribution in [-0.2, 0) is 14.6 Å². The molecule has 1 atom stereocenters. The molecule has 1 heterocycles. The summed E-state index contributed by atoms with van der Waals surface area (Å²) in [4.78, 5) is 2.49. The van der Waals surface area contributed by atoms with Crippen LogP contribution in [0.3, 0.4) is 0 Å². The van der Waals surface area contributed by atoms with Gasteiger partial charge in [0.2, 0.25) is 0 Å². The molecule has 1 saturated heterocycles. The molecule has 0 radical (unpaired) electrons. The van der Waals surface area contributed by atoms with Gasteiger partial charge in [0.15, 0.2) is 9.84 Å². The number of hydrogen-bond donors (Lipinski definition) is 1. The Bertz CT molecular complexity index is 507. The molecule has 0 aromatic heterocycles. The summed E-state index contributed by atoms with van der Waals surface area (Å²) in [5.74, 6) is 0.122. The van der Waals surface area contributed by atoms with E-state index in [1.807, 2.05) is 6.92 Å². The van der Waals surface area contributed by atoms with Gasteiger partial charge >= 0.3 is 0 Å². The zero-order chi connectivity index (χ0) is 13.9. The van der Waals surface area contributed by atoms with E-state index in [9.17, 15) is 8.42 Å². The summed E-state index contributed by atoms with van der Waals surface area (Å²) in [6, 6.07) is 6.36. The van der Waals surface area contributed by atoms with Gasteiger partial charge in [-0.3, -0.25) is 4.90 Å². The third-order valence-corrected chi connectivity index (χ3v) is 5.28. The van der Waals surface area contributed by atoms with E-state index in [1.165, 1.54) is 0 Å². The highest BCUT2D eigenvalue weighted by molar-refractivity contribution is 7.91. The second-order valence-electron chi connectivity index (χ2n) is 4.85. The maximum absolute atomic E-state index is 12.3. The van der Waals surface area contributed by atoms with Crippen LogP contribution in [0, 0.1) is 0 Å². The minimum atomic E-state index is -3.26. The molecule has 1 aliphatic rings. The smallest absolute Gasteiger partial charge is 0.179 e. The van der Waals surface area contributed by atoms with Crippen LogP contribution >= 0.6 is 0 Å². The highest BCUT2D eigenvalue weighted by atomic mass is 32.2. The van der Waals surface area contributed by atoms with Gasteiger partial charge in [-0.1, -0.05) is 0 Å². The molecule has 19 heavy (non-hydrogen) atoms. The lowest BCUT2D eigenvalue weighted by Crippen LogP contribution is -2.45. The zero-order valence-corrected chi connectivity index (χ0v) is 11.9. The summed E-state index contributed by atoms with van der Waals surface area (Å²) in [5.41, 5.74) is 6.14. The van der Waals surface area contributed by atoms with Gasteiger partial charge in [0.05, 0.1) is 23.9 Å². The molecule has 2 rings (SSSR count). The topological polar surface area (TPSA) is 72.6 Å². The van der Waals surface area contributed by atoms with Crippen molar-refractivity contribution in [3.05, 3.63) is 24.3 Å². The molecule has 1 aromatic rings. The number of morpholine rings is 1. The number of sulfone groups is 1. The largest absolute Gasteiger partial charge is 0.399 e. The molecular weight excluding hydrogens is 264 g/mol. The van der Waals surface area contributed by atoms with Crippen molar-refractivity contribution >= 4 is 15.5 Å². The zero-order valence-electron chi connectivity index (χ0n) is 11.1. The fourth-order valence-corrected chi connectivity index (χ4v) is 3.80. The molecule has 6 heteroatoms. The van der Waals surface area contributed by atoms with E-state index in [0.717, 1.165) is 13.1 Å². The van der Waals surface area contributed by atoms with Crippen LogP contribution in [0.4, 0.5) is 5.69 Å². The van der Waals surface area contributed by atoms with Gasteiger partial charge in [0.1, 0.15) is 0 Å². The Balaban J connectivity index is 2.05. The number of rotatable bonds is 4. The van der Waals surface area contributed by atoms with Crippen LogP contribution in [-0.4, -0.2) is 51.4 Å². The molecule has 0 saturated carbocycles. The Kier molecular flexibility index (Phi) is 4.44. The maximum Gasteiger partial charge on any atom is 0.179 e. The van der Waals surface area contributed by atoms with E-state index < -0.39 is 9.84 Å². The third-order valence-electron chi connectivity index (χ3n) is 3.37. The third kappa shape index (κ3) is 3.68. The first kappa shape index (κ1) is 14.3. The quantitative estimate of drug-likeness (QED) is 0.827. The van der Waals surface area contributed by atoms with Crippen LogP contribution in [0.2, 0.25) is 0 Å². The average Bonchev–Trinajstić information content (AvgIpc) is 2.40. The summed E-state index contributed by atoms with van der Waals surface area (Å²) < 4.78 is 29.9. The molecule has 0 aliphatic carbocycles. The van der Waals surface area contributed by atoms with E-state index >= 15 is 0 Å². The number of benzene rings is 1. The molecule has 1 aliphatic heterocycles. The van der Waals surface area contributed by atoms with E-state index in [4.69, 9.17) is 10.5 Å². The first-order valence-corrected chi connectivity index (χ1v) is 8.04. The lowest BCUT2D eigenvalue weighted by atomic mass is 10.3. The van der Waals surface area contributed by atoms with Gasteiger partial charge < -0.3 is 10.5 Å². The van der Waals surface area contributed by atoms with Gasteiger partial charge in [-0.05, 0) is 31.2 Å². The van der Waals surface area contributed by atoms with Crippen LogP contribution in [0.1, 0.15) is 6.92 Å². The van der Waals surface area contributed by atoms with Gasteiger partial charge in [-0.2, -0.15) is 0 Å². The summed E-state index contributed by atoms with van der Waals surface area (Å²) in [5, 5.41) is 0. The summed E-state index contributed by atoms with van der Waals surface area (Å²) in [7, 11) is -3.26. The lowest BCUT2D eigenvalue weighted by Gasteiger charge is -2.32. The first-order chi connectivity index (χ1) is 8.99. The Hall–Kier alpha value is -1.11. The van der Waals surface area contributed by atoms with Crippen molar-refractivity contribution < 1.29 is 13.2 Å². The summed E-state index contributed by atoms with van der Waals surface area (Å²) in [6.45, 7) is 4.87. The van der Waals surface area contributed by atoms with Crippen molar-refractivity contribution in [3.8, 4) is 0 Å². The SMILES string of the molecule is C[C@H](CS(=O)(=O)c1ccc(N)cc1)N1CCOCC1. The van der Waals surface area contributed by atoms with E-state index in [-0.39, 0.29) is 11.8 Å². The van der Waals surface area contributed by atoms with Gasteiger partial charge in [0, 0.05) is 24.8 Å². The second-order valence-corrected chi connectivity index (χ2v) is 6.88. The van der Waals surface area contributed by atoms with Crippen LogP contribution < -0.4 is 5.73 Å². The molecule has 0 unspecified atom stereocenters. The van der Waals surface area contributed by atoms with Crippen molar-refractivity contribution in [3.63, 3.8) is 0 Å². The second kappa shape index (κ2) is 5.90. The predicted molar refractivity (Wildman–Crippen MR) is 74.8 cm³/mol. The number of anilines is 1. The molecular formula is C13H20N2O3S. The van der Waals surface area contributed by atoms with Crippen molar-refractivity contribution in [1.29, 1.82) is 0 Å². The number of nitrogens with zero attached hydrogens (tertiary/aromatic N) is 1. The minimum Gasteiger partial charge on any atom is -0.399 e. The Morgan fingerprint density at radius 3 is 2.42 bits per heavy atom.